The Bertz CT molecular complexity index is 1140. The second kappa shape index (κ2) is 12.4. The van der Waals surface area contributed by atoms with Gasteiger partial charge in [-0.3, -0.25) is 9.59 Å². The van der Waals surface area contributed by atoms with Crippen molar-refractivity contribution in [2.24, 2.45) is 0 Å². The number of amides is 2. The lowest BCUT2D eigenvalue weighted by Crippen LogP contribution is -2.52. The SMILES string of the molecule is COc1cccc(CN(C(=O)CN(C)S(=O)(=O)c2ccc(C)cc2)[C@@H](C)C(=O)NC2CCCCC2)c1. The monoisotopic (exact) mass is 515 g/mol. The molecule has 1 saturated carbocycles. The van der Waals surface area contributed by atoms with Crippen LogP contribution in [-0.4, -0.2) is 62.2 Å². The smallest absolute Gasteiger partial charge is 0.243 e. The van der Waals surface area contributed by atoms with Crippen molar-refractivity contribution in [1.82, 2.24) is 14.5 Å². The van der Waals surface area contributed by atoms with Gasteiger partial charge in [-0.1, -0.05) is 49.1 Å². The number of benzene rings is 2. The van der Waals surface area contributed by atoms with E-state index < -0.39 is 22.0 Å². The number of carbonyl (C=O) groups is 2. The highest BCUT2D eigenvalue weighted by molar-refractivity contribution is 7.89. The van der Waals surface area contributed by atoms with E-state index in [1.165, 1.54) is 30.5 Å². The van der Waals surface area contributed by atoms with Gasteiger partial charge in [0.25, 0.3) is 0 Å². The molecule has 0 radical (unpaired) electrons. The Morgan fingerprint density at radius 2 is 1.75 bits per heavy atom. The minimum absolute atomic E-state index is 0.104. The van der Waals surface area contributed by atoms with Crippen molar-refractivity contribution in [3.05, 3.63) is 59.7 Å². The summed E-state index contributed by atoms with van der Waals surface area (Å²) < 4.78 is 32.5. The maximum absolute atomic E-state index is 13.5. The maximum Gasteiger partial charge on any atom is 0.243 e. The fourth-order valence-electron chi connectivity index (χ4n) is 4.38. The van der Waals surface area contributed by atoms with E-state index in [0.29, 0.717) is 5.75 Å². The zero-order valence-electron chi connectivity index (χ0n) is 21.6. The van der Waals surface area contributed by atoms with Crippen molar-refractivity contribution < 1.29 is 22.7 Å². The average molecular weight is 516 g/mol. The lowest BCUT2D eigenvalue weighted by atomic mass is 9.95. The summed E-state index contributed by atoms with van der Waals surface area (Å²) in [5.74, 6) is -0.0530. The topological polar surface area (TPSA) is 96.0 Å². The van der Waals surface area contributed by atoms with E-state index in [4.69, 9.17) is 4.74 Å². The minimum atomic E-state index is -3.87. The lowest BCUT2D eigenvalue weighted by Gasteiger charge is -2.32. The number of nitrogens with one attached hydrogen (secondary N) is 1. The molecule has 2 aromatic rings. The number of hydrogen-bond acceptors (Lipinski definition) is 5. The van der Waals surface area contributed by atoms with E-state index in [-0.39, 0.29) is 29.9 Å². The van der Waals surface area contributed by atoms with Crippen molar-refractivity contribution in [2.75, 3.05) is 20.7 Å². The molecule has 1 atom stereocenters. The predicted molar refractivity (Wildman–Crippen MR) is 139 cm³/mol. The van der Waals surface area contributed by atoms with Crippen LogP contribution in [0.2, 0.25) is 0 Å². The standard InChI is InChI=1S/C27H37N3O5S/c1-20-13-15-25(16-14-20)36(33,34)29(3)19-26(31)30(18-22-9-8-12-24(17-22)35-4)21(2)27(32)28-23-10-6-5-7-11-23/h8-9,12-17,21,23H,5-7,10-11,18-19H2,1-4H3,(H,28,32)/t21-/m0/s1. The molecule has 1 aliphatic rings. The number of hydrogen-bond donors (Lipinski definition) is 1. The number of sulfonamides is 1. The van der Waals surface area contributed by atoms with Gasteiger partial charge in [0.1, 0.15) is 11.8 Å². The minimum Gasteiger partial charge on any atom is -0.497 e. The van der Waals surface area contributed by atoms with Crippen molar-refractivity contribution >= 4 is 21.8 Å². The molecule has 1 aliphatic carbocycles. The zero-order valence-corrected chi connectivity index (χ0v) is 22.4. The summed E-state index contributed by atoms with van der Waals surface area (Å²) in [6.45, 7) is 3.32. The largest absolute Gasteiger partial charge is 0.497 e. The molecule has 0 unspecified atom stereocenters. The number of likely N-dealkylation sites (N-methyl/N-ethyl adjacent to an activating group) is 1. The Kier molecular flexibility index (Phi) is 9.50. The maximum atomic E-state index is 13.5. The van der Waals surface area contributed by atoms with Gasteiger partial charge in [0.05, 0.1) is 18.6 Å². The molecular weight excluding hydrogens is 478 g/mol. The summed E-state index contributed by atoms with van der Waals surface area (Å²) in [6.07, 6.45) is 5.19. The summed E-state index contributed by atoms with van der Waals surface area (Å²) in [6, 6.07) is 13.1. The molecule has 196 valence electrons. The number of rotatable bonds is 10. The van der Waals surface area contributed by atoms with E-state index in [2.05, 4.69) is 5.32 Å². The van der Waals surface area contributed by atoms with E-state index in [1.807, 2.05) is 19.1 Å². The Balaban J connectivity index is 1.80. The molecule has 0 saturated heterocycles. The highest BCUT2D eigenvalue weighted by Gasteiger charge is 2.31. The molecular formula is C27H37N3O5S. The molecule has 9 heteroatoms. The Morgan fingerprint density at radius 3 is 2.39 bits per heavy atom. The van der Waals surface area contributed by atoms with Crippen molar-refractivity contribution in [3.8, 4) is 5.75 Å². The summed E-state index contributed by atoms with van der Waals surface area (Å²) in [7, 11) is -0.930. The third-order valence-electron chi connectivity index (χ3n) is 6.69. The van der Waals surface area contributed by atoms with Crippen LogP contribution in [-0.2, 0) is 26.2 Å². The van der Waals surface area contributed by atoms with Crippen LogP contribution < -0.4 is 10.1 Å². The van der Waals surface area contributed by atoms with Crippen molar-refractivity contribution in [2.45, 2.75) is 69.5 Å². The second-order valence-corrected chi connectivity index (χ2v) is 11.5. The fourth-order valence-corrected chi connectivity index (χ4v) is 5.50. The number of aryl methyl sites for hydroxylation is 1. The van der Waals surface area contributed by atoms with Crippen molar-refractivity contribution in [3.63, 3.8) is 0 Å². The number of carbonyl (C=O) groups excluding carboxylic acids is 2. The van der Waals surface area contributed by atoms with Gasteiger partial charge in [0.15, 0.2) is 0 Å². The zero-order chi connectivity index (χ0) is 26.3. The first kappa shape index (κ1) is 27.7. The van der Waals surface area contributed by atoms with Crippen molar-refractivity contribution in [1.29, 1.82) is 0 Å². The Labute approximate surface area is 214 Å². The molecule has 0 bridgehead atoms. The average Bonchev–Trinajstić information content (AvgIpc) is 2.87. The molecule has 36 heavy (non-hydrogen) atoms. The summed E-state index contributed by atoms with van der Waals surface area (Å²) in [5.41, 5.74) is 1.72. The first-order valence-electron chi connectivity index (χ1n) is 12.4. The third-order valence-corrected chi connectivity index (χ3v) is 8.51. The van der Waals surface area contributed by atoms with E-state index in [9.17, 15) is 18.0 Å². The van der Waals surface area contributed by atoms with Crippen LogP contribution in [0.1, 0.15) is 50.2 Å². The molecule has 0 heterocycles. The highest BCUT2D eigenvalue weighted by Crippen LogP contribution is 2.20. The van der Waals surface area contributed by atoms with Crippen LogP contribution in [0.25, 0.3) is 0 Å². The quantitative estimate of drug-likeness (QED) is 0.523. The molecule has 1 N–H and O–H groups in total. The van der Waals surface area contributed by atoms with Gasteiger partial charge in [-0.05, 0) is 56.5 Å². The number of nitrogens with zero attached hydrogens (tertiary/aromatic N) is 2. The van der Waals surface area contributed by atoms with Gasteiger partial charge >= 0.3 is 0 Å². The number of methoxy groups -OCH3 is 1. The molecule has 8 nitrogen and oxygen atoms in total. The summed E-state index contributed by atoms with van der Waals surface area (Å²) >= 11 is 0. The first-order chi connectivity index (χ1) is 17.1. The van der Waals surface area contributed by atoms with Gasteiger partial charge in [-0.2, -0.15) is 4.31 Å². The second-order valence-electron chi connectivity index (χ2n) is 9.47. The normalized spacial score (nSPS) is 15.4. The molecule has 0 spiro atoms. The van der Waals surface area contributed by atoms with Crippen LogP contribution in [0.3, 0.4) is 0 Å². The number of ether oxygens (including phenoxy) is 1. The van der Waals surface area contributed by atoms with E-state index in [0.717, 1.165) is 41.1 Å². The highest BCUT2D eigenvalue weighted by atomic mass is 32.2. The molecule has 2 amide bonds. The van der Waals surface area contributed by atoms with Gasteiger partial charge in [-0.25, -0.2) is 8.42 Å². The van der Waals surface area contributed by atoms with Crippen LogP contribution in [0.5, 0.6) is 5.75 Å². The van der Waals surface area contributed by atoms with Crippen LogP contribution >= 0.6 is 0 Å². The summed E-state index contributed by atoms with van der Waals surface area (Å²) in [4.78, 5) is 28.2. The fraction of sp³-hybridized carbons (Fsp3) is 0.481. The van der Waals surface area contributed by atoms with Gasteiger partial charge in [0, 0.05) is 19.6 Å². The van der Waals surface area contributed by atoms with Gasteiger partial charge < -0.3 is 15.0 Å². The molecule has 1 fully saturated rings. The first-order valence-corrected chi connectivity index (χ1v) is 13.8. The van der Waals surface area contributed by atoms with Crippen LogP contribution in [0, 0.1) is 6.92 Å². The molecule has 0 aromatic heterocycles. The predicted octanol–water partition coefficient (Wildman–Crippen LogP) is 3.49. The van der Waals surface area contributed by atoms with E-state index >= 15 is 0 Å². The summed E-state index contributed by atoms with van der Waals surface area (Å²) in [5, 5.41) is 3.09. The molecule has 3 rings (SSSR count). The Morgan fingerprint density at radius 1 is 1.08 bits per heavy atom. The molecule has 0 aliphatic heterocycles. The van der Waals surface area contributed by atoms with Crippen LogP contribution in [0.4, 0.5) is 0 Å². The Hall–Kier alpha value is -2.91. The lowest BCUT2D eigenvalue weighted by molar-refractivity contribution is -0.141. The third kappa shape index (κ3) is 7.07. The van der Waals surface area contributed by atoms with Gasteiger partial charge in [-0.15, -0.1) is 0 Å². The van der Waals surface area contributed by atoms with Gasteiger partial charge in [0.2, 0.25) is 21.8 Å². The van der Waals surface area contributed by atoms with Crippen LogP contribution in [0.15, 0.2) is 53.4 Å². The molecule has 2 aromatic carbocycles. The van der Waals surface area contributed by atoms with E-state index in [1.54, 1.807) is 38.3 Å².